The molecular formula is C97H179NO18. The van der Waals surface area contributed by atoms with Gasteiger partial charge >= 0.3 is 0 Å². The van der Waals surface area contributed by atoms with Crippen molar-refractivity contribution in [3.05, 3.63) is 60.8 Å². The number of ether oxygens (including phenoxy) is 6. The molecule has 3 heterocycles. The highest BCUT2D eigenvalue weighted by Gasteiger charge is 2.54. The number of aliphatic hydroxyl groups is 11. The molecule has 0 radical (unpaired) electrons. The molecule has 0 aromatic heterocycles. The van der Waals surface area contributed by atoms with Crippen LogP contribution < -0.4 is 5.32 Å². The van der Waals surface area contributed by atoms with Crippen molar-refractivity contribution in [2.24, 2.45) is 0 Å². The van der Waals surface area contributed by atoms with Crippen LogP contribution in [0, 0.1) is 0 Å². The van der Waals surface area contributed by atoms with E-state index in [1.807, 2.05) is 6.08 Å². The minimum absolute atomic E-state index is 0.248. The first-order valence-corrected chi connectivity index (χ1v) is 48.5. The van der Waals surface area contributed by atoms with Crippen LogP contribution in [0.15, 0.2) is 60.8 Å². The van der Waals surface area contributed by atoms with E-state index in [4.69, 9.17) is 28.4 Å². The zero-order valence-corrected chi connectivity index (χ0v) is 73.7. The number of aliphatic hydroxyl groups excluding tert-OH is 11. The molecule has 0 aliphatic carbocycles. The highest BCUT2D eigenvalue weighted by atomic mass is 16.8. The van der Waals surface area contributed by atoms with E-state index in [9.17, 15) is 61.0 Å². The third kappa shape index (κ3) is 53.5. The van der Waals surface area contributed by atoms with Gasteiger partial charge in [0.15, 0.2) is 18.9 Å². The fraction of sp³-hybridized carbons (Fsp3) is 0.887. The molecule has 12 N–H and O–H groups in total. The number of hydrogen-bond donors (Lipinski definition) is 12. The maximum absolute atomic E-state index is 13.5. The highest BCUT2D eigenvalue weighted by molar-refractivity contribution is 5.76. The Morgan fingerprint density at radius 3 is 0.931 bits per heavy atom. The Balaban J connectivity index is 1.28. The predicted molar refractivity (Wildman–Crippen MR) is 471 cm³/mol. The molecule has 3 aliphatic heterocycles. The number of amides is 1. The summed E-state index contributed by atoms with van der Waals surface area (Å²) >= 11 is 0. The smallest absolute Gasteiger partial charge is 0.220 e. The minimum atomic E-state index is -1.98. The Morgan fingerprint density at radius 1 is 0.319 bits per heavy atom. The number of carbonyl (C=O) groups excluding carboxylic acids is 1. The molecular weight excluding hydrogens is 1470 g/mol. The average molecular weight is 1650 g/mol. The van der Waals surface area contributed by atoms with E-state index in [1.165, 1.54) is 321 Å². The molecule has 116 heavy (non-hydrogen) atoms. The first kappa shape index (κ1) is 108. The summed E-state index contributed by atoms with van der Waals surface area (Å²) in [6, 6.07) is -0.975. The Bertz CT molecular complexity index is 2320. The van der Waals surface area contributed by atoms with Crippen molar-refractivity contribution in [2.75, 3.05) is 26.4 Å². The SMILES string of the molecule is CC/C=C\C/C=C\C/C=C\C/C=C\CCCCCCCCCCCCCCCCCCCCCCCCCCCCCCC(=O)NC(COC1OC(CO)C(OC2OC(CO)C(OC3OC(CO)C(O)C(O)C3O)C(O)C2O)C(O)C1O)C(O)/C=C/CCCCCCCCCCCCCCCCCCCCCCCCCCCCCC. The van der Waals surface area contributed by atoms with E-state index in [2.05, 4.69) is 67.8 Å². The number of unbranched alkanes of at least 4 members (excludes halogenated alkanes) is 56. The zero-order valence-electron chi connectivity index (χ0n) is 73.7. The molecule has 3 fully saturated rings. The van der Waals surface area contributed by atoms with Gasteiger partial charge in [-0.15, -0.1) is 0 Å². The van der Waals surface area contributed by atoms with Gasteiger partial charge in [0, 0.05) is 6.42 Å². The third-order valence-corrected chi connectivity index (χ3v) is 24.1. The van der Waals surface area contributed by atoms with Gasteiger partial charge in [0.1, 0.15) is 73.2 Å². The summed E-state index contributed by atoms with van der Waals surface area (Å²) in [7, 11) is 0. The van der Waals surface area contributed by atoms with E-state index >= 15 is 0 Å². The first-order valence-electron chi connectivity index (χ1n) is 48.5. The monoisotopic (exact) mass is 1650 g/mol. The quantitative estimate of drug-likeness (QED) is 0.0199. The Morgan fingerprint density at radius 2 is 0.595 bits per heavy atom. The van der Waals surface area contributed by atoms with E-state index in [-0.39, 0.29) is 18.9 Å². The molecule has 680 valence electrons. The molecule has 17 unspecified atom stereocenters. The predicted octanol–water partition coefficient (Wildman–Crippen LogP) is 19.7. The van der Waals surface area contributed by atoms with Gasteiger partial charge in [0.05, 0.1) is 38.6 Å². The van der Waals surface area contributed by atoms with E-state index in [1.54, 1.807) is 6.08 Å². The molecule has 0 spiro atoms. The fourth-order valence-electron chi connectivity index (χ4n) is 16.4. The zero-order chi connectivity index (χ0) is 83.8. The lowest BCUT2D eigenvalue weighted by molar-refractivity contribution is -0.379. The van der Waals surface area contributed by atoms with Crippen LogP contribution in [-0.4, -0.2) is 193 Å². The summed E-state index contributed by atoms with van der Waals surface area (Å²) in [6.45, 7) is 1.70. The Labute approximate surface area is 706 Å². The molecule has 3 rings (SSSR count). The van der Waals surface area contributed by atoms with Gasteiger partial charge in [-0.05, 0) is 57.8 Å². The summed E-state index contributed by atoms with van der Waals surface area (Å²) in [6.07, 6.45) is 75.4. The van der Waals surface area contributed by atoms with Crippen molar-refractivity contribution in [1.29, 1.82) is 0 Å². The molecule has 1 amide bonds. The van der Waals surface area contributed by atoms with Crippen molar-refractivity contribution in [2.45, 2.75) is 523 Å². The number of rotatable bonds is 80. The van der Waals surface area contributed by atoms with E-state index < -0.39 is 124 Å². The molecule has 3 saturated heterocycles. The second kappa shape index (κ2) is 76.2. The van der Waals surface area contributed by atoms with Crippen LogP contribution in [0.25, 0.3) is 0 Å². The summed E-state index contributed by atoms with van der Waals surface area (Å²) in [4.78, 5) is 13.5. The Kier molecular flexibility index (Phi) is 70.7. The standard InChI is InChI=1S/C97H179NO18/c1-3-5-7-9-11-13-15-17-19-21-23-25-27-29-31-33-35-36-37-38-39-40-41-42-43-44-45-47-49-51-53-55-57-59-61-63-65-67-69-71-73-75-85(103)98-80(81(102)74-72-70-68-66-64-62-60-58-56-54-52-50-48-46-34-32-30-28-26-24-22-20-18-16-14-12-10-8-6-4-2)79-111-95-91(109)88(106)93(83(77-100)113-95)116-97-92(110)89(107)94(84(78-101)114-97)115-96-90(108)87(105)86(104)82(76-99)112-96/h5,7,11,13,17,19,23,25,72,74,80-84,86-97,99-102,104-110H,3-4,6,8-10,12,14-16,18,20-22,24,26-71,73,75-79H2,1-2H3,(H,98,103)/b7-5-,13-11-,19-17-,25-23-,74-72+. The topological polar surface area (TPSA) is 307 Å². The molecule has 0 saturated carbocycles. The van der Waals surface area contributed by atoms with Crippen molar-refractivity contribution in [1.82, 2.24) is 5.32 Å². The second-order valence-electron chi connectivity index (χ2n) is 34.5. The van der Waals surface area contributed by atoms with Gasteiger partial charge in [-0.1, -0.05) is 415 Å². The second-order valence-corrected chi connectivity index (χ2v) is 34.5. The molecule has 19 nitrogen and oxygen atoms in total. The van der Waals surface area contributed by atoms with Crippen LogP contribution in [0.2, 0.25) is 0 Å². The van der Waals surface area contributed by atoms with E-state index in [0.29, 0.717) is 6.42 Å². The van der Waals surface area contributed by atoms with Gasteiger partial charge in [-0.3, -0.25) is 4.79 Å². The maximum atomic E-state index is 13.5. The lowest BCUT2D eigenvalue weighted by Gasteiger charge is -2.48. The van der Waals surface area contributed by atoms with Crippen molar-refractivity contribution < 1.29 is 89.4 Å². The summed E-state index contributed by atoms with van der Waals surface area (Å²) in [5.41, 5.74) is 0. The number of carbonyl (C=O) groups is 1. The van der Waals surface area contributed by atoms with Crippen LogP contribution in [0.4, 0.5) is 0 Å². The van der Waals surface area contributed by atoms with Gasteiger partial charge in [0.25, 0.3) is 0 Å². The molecule has 0 aromatic rings. The van der Waals surface area contributed by atoms with Crippen LogP contribution >= 0.6 is 0 Å². The van der Waals surface area contributed by atoms with Gasteiger partial charge in [-0.25, -0.2) is 0 Å². The summed E-state index contributed by atoms with van der Waals surface area (Å²) in [5, 5.41) is 121. The van der Waals surface area contributed by atoms with Gasteiger partial charge in [0.2, 0.25) is 5.91 Å². The van der Waals surface area contributed by atoms with Crippen LogP contribution in [0.5, 0.6) is 0 Å². The van der Waals surface area contributed by atoms with Crippen molar-refractivity contribution >= 4 is 5.91 Å². The van der Waals surface area contributed by atoms with Gasteiger partial charge < -0.3 is 89.9 Å². The molecule has 17 atom stereocenters. The van der Waals surface area contributed by atoms with E-state index in [0.717, 1.165) is 70.6 Å². The Hall–Kier alpha value is -2.51. The number of allylic oxidation sites excluding steroid dienone is 9. The first-order chi connectivity index (χ1) is 56.8. The van der Waals surface area contributed by atoms with Crippen LogP contribution in [0.1, 0.15) is 418 Å². The highest BCUT2D eigenvalue weighted by Crippen LogP contribution is 2.34. The molecule has 19 heteroatoms. The number of nitrogens with one attached hydrogen (secondary N) is 1. The molecule has 0 bridgehead atoms. The largest absolute Gasteiger partial charge is 0.394 e. The van der Waals surface area contributed by atoms with Crippen LogP contribution in [0.3, 0.4) is 0 Å². The van der Waals surface area contributed by atoms with Gasteiger partial charge in [-0.2, -0.15) is 0 Å². The summed E-state index contributed by atoms with van der Waals surface area (Å²) < 4.78 is 34.6. The van der Waals surface area contributed by atoms with Crippen molar-refractivity contribution in [3.63, 3.8) is 0 Å². The lowest BCUT2D eigenvalue weighted by atomic mass is 9.96. The fourth-order valence-corrected chi connectivity index (χ4v) is 16.4. The summed E-state index contributed by atoms with van der Waals surface area (Å²) in [5.74, 6) is -0.266. The normalized spacial score (nSPS) is 24.7. The number of hydrogen-bond acceptors (Lipinski definition) is 18. The third-order valence-electron chi connectivity index (χ3n) is 24.1. The molecule has 0 aromatic carbocycles. The minimum Gasteiger partial charge on any atom is -0.394 e. The average Bonchev–Trinajstić information content (AvgIpc) is 0.783. The van der Waals surface area contributed by atoms with Crippen LogP contribution in [-0.2, 0) is 33.2 Å². The van der Waals surface area contributed by atoms with Crippen molar-refractivity contribution in [3.8, 4) is 0 Å². The maximum Gasteiger partial charge on any atom is 0.220 e. The lowest BCUT2D eigenvalue weighted by Crippen LogP contribution is -2.66. The molecule has 3 aliphatic rings.